The summed E-state index contributed by atoms with van der Waals surface area (Å²) < 4.78 is 67.3. The number of carbonyl (C=O) groups is 1. The van der Waals surface area contributed by atoms with Crippen molar-refractivity contribution in [1.82, 2.24) is 0 Å². The number of fused-ring (bicyclic) bond motifs is 2. The van der Waals surface area contributed by atoms with Gasteiger partial charge in [-0.1, -0.05) is 11.6 Å². The van der Waals surface area contributed by atoms with E-state index in [0.29, 0.717) is 37.8 Å². The van der Waals surface area contributed by atoms with Crippen molar-refractivity contribution in [3.8, 4) is 0 Å². The molecule has 2 aromatic rings. The highest BCUT2D eigenvalue weighted by atomic mass is 35.5. The summed E-state index contributed by atoms with van der Waals surface area (Å²) in [6.07, 6.45) is 2.11. The van der Waals surface area contributed by atoms with Crippen LogP contribution < -0.4 is 5.32 Å². The molecule has 0 spiro atoms. The molecular formula is C23H23ClF3NO5S. The molecule has 2 unspecified atom stereocenters. The number of carbonyl (C=O) groups excluding carboxylic acids is 1. The van der Waals surface area contributed by atoms with E-state index in [1.165, 1.54) is 12.1 Å². The van der Waals surface area contributed by atoms with Crippen LogP contribution in [-0.4, -0.2) is 42.0 Å². The molecule has 3 N–H and O–H groups in total. The predicted molar refractivity (Wildman–Crippen MR) is 119 cm³/mol. The summed E-state index contributed by atoms with van der Waals surface area (Å²) >= 11 is 6.21. The Kier molecular flexibility index (Phi) is 6.71. The molecule has 0 aliphatic heterocycles. The molecule has 2 saturated carbocycles. The van der Waals surface area contributed by atoms with Gasteiger partial charge in [0.05, 0.1) is 20.8 Å². The molecule has 1 amide bonds. The van der Waals surface area contributed by atoms with Gasteiger partial charge in [0.15, 0.2) is 27.3 Å². The van der Waals surface area contributed by atoms with E-state index in [2.05, 4.69) is 5.32 Å². The van der Waals surface area contributed by atoms with Crippen molar-refractivity contribution >= 4 is 33.0 Å². The summed E-state index contributed by atoms with van der Waals surface area (Å²) in [5, 5.41) is 21.4. The highest BCUT2D eigenvalue weighted by molar-refractivity contribution is 7.92. The second-order valence-corrected chi connectivity index (χ2v) is 11.4. The summed E-state index contributed by atoms with van der Waals surface area (Å²) in [6.45, 7) is -0.109. The molecule has 11 heteroatoms. The van der Waals surface area contributed by atoms with Gasteiger partial charge >= 0.3 is 0 Å². The van der Waals surface area contributed by atoms with Gasteiger partial charge in [0.1, 0.15) is 0 Å². The molecule has 2 bridgehead atoms. The van der Waals surface area contributed by atoms with Crippen molar-refractivity contribution in [1.29, 1.82) is 0 Å². The molecule has 0 aromatic heterocycles. The summed E-state index contributed by atoms with van der Waals surface area (Å²) in [7, 11) is -4.05. The first kappa shape index (κ1) is 25.0. The van der Waals surface area contributed by atoms with E-state index in [9.17, 15) is 31.5 Å². The Morgan fingerprint density at radius 3 is 2.47 bits per heavy atom. The number of anilines is 1. The lowest BCUT2D eigenvalue weighted by molar-refractivity contribution is -0.0247. The maximum atomic E-state index is 13.6. The molecule has 184 valence electrons. The number of aliphatic hydroxyl groups is 2. The summed E-state index contributed by atoms with van der Waals surface area (Å²) in [5.41, 5.74) is -1.67. The standard InChI is InChI=1S/C23H23ClF3NO5S/c24-16-5-3-12(22(30)28-14-9-17(25)20(27)18(26)10-14)8-19(16)34(32,33)21-13-2-4-15(21)23(31,11-13)6-1-7-29/h3,5,8-10,13,15,21,29,31H,1-2,4,6-7,11H2,(H,28,30)/t13?,15?,21-,23-/m1/s1. The Morgan fingerprint density at radius 1 is 1.15 bits per heavy atom. The summed E-state index contributed by atoms with van der Waals surface area (Å²) in [5.74, 6) is -6.32. The quantitative estimate of drug-likeness (QED) is 0.480. The van der Waals surface area contributed by atoms with Crippen molar-refractivity contribution in [2.24, 2.45) is 11.8 Å². The molecule has 2 aliphatic rings. The zero-order valence-corrected chi connectivity index (χ0v) is 19.5. The normalized spacial score (nSPS) is 26.1. The van der Waals surface area contributed by atoms with Gasteiger partial charge in [0, 0.05) is 35.9 Å². The minimum absolute atomic E-state index is 0.0966. The van der Waals surface area contributed by atoms with Crippen molar-refractivity contribution in [3.63, 3.8) is 0 Å². The van der Waals surface area contributed by atoms with Gasteiger partial charge < -0.3 is 15.5 Å². The third-order valence-electron chi connectivity index (χ3n) is 6.88. The number of amides is 1. The van der Waals surface area contributed by atoms with Crippen LogP contribution in [0, 0.1) is 29.3 Å². The average Bonchev–Trinajstić information content (AvgIpc) is 3.32. The molecule has 4 rings (SSSR count). The number of benzene rings is 2. The van der Waals surface area contributed by atoms with Gasteiger partial charge in [-0.25, -0.2) is 21.6 Å². The van der Waals surface area contributed by atoms with Crippen LogP contribution in [0.15, 0.2) is 35.2 Å². The number of sulfone groups is 1. The molecule has 0 heterocycles. The molecule has 0 saturated heterocycles. The highest BCUT2D eigenvalue weighted by Crippen LogP contribution is 2.56. The molecule has 2 aliphatic carbocycles. The SMILES string of the molecule is O=C(Nc1cc(F)c(F)c(F)c1)c1ccc(Cl)c(S(=O)(=O)[C@@H]2C3CCC2[C@@](O)(CCCO)C3)c1. The van der Waals surface area contributed by atoms with Crippen LogP contribution in [0.2, 0.25) is 5.02 Å². The zero-order valence-electron chi connectivity index (χ0n) is 17.9. The molecule has 4 atom stereocenters. The van der Waals surface area contributed by atoms with Crippen LogP contribution in [0.3, 0.4) is 0 Å². The van der Waals surface area contributed by atoms with E-state index >= 15 is 0 Å². The van der Waals surface area contributed by atoms with Gasteiger partial charge in [0.25, 0.3) is 5.91 Å². The number of hydrogen-bond acceptors (Lipinski definition) is 5. The minimum Gasteiger partial charge on any atom is -0.396 e. The molecular weight excluding hydrogens is 495 g/mol. The fourth-order valence-electron chi connectivity index (χ4n) is 5.43. The van der Waals surface area contributed by atoms with Crippen molar-refractivity contribution < 1.29 is 36.6 Å². The topological polar surface area (TPSA) is 104 Å². The number of halogens is 4. The second-order valence-electron chi connectivity index (χ2n) is 8.94. The first-order valence-corrected chi connectivity index (χ1v) is 12.7. The van der Waals surface area contributed by atoms with E-state index in [0.717, 1.165) is 6.07 Å². The van der Waals surface area contributed by atoms with Crippen LogP contribution in [0.4, 0.5) is 18.9 Å². The lowest BCUT2D eigenvalue weighted by Gasteiger charge is -2.32. The van der Waals surface area contributed by atoms with E-state index in [1.54, 1.807) is 0 Å². The number of aliphatic hydroxyl groups excluding tert-OH is 1. The Bertz CT molecular complexity index is 1220. The van der Waals surface area contributed by atoms with Crippen molar-refractivity contribution in [3.05, 3.63) is 58.4 Å². The molecule has 2 aromatic carbocycles. The first-order chi connectivity index (χ1) is 16.0. The number of rotatable bonds is 7. The third kappa shape index (κ3) is 4.32. The minimum atomic E-state index is -4.05. The third-order valence-corrected chi connectivity index (χ3v) is 9.71. The van der Waals surface area contributed by atoms with E-state index in [1.807, 2.05) is 0 Å². The number of hydrogen-bond donors (Lipinski definition) is 3. The predicted octanol–water partition coefficient (Wildman–Crippen LogP) is 4.09. The van der Waals surface area contributed by atoms with Crippen LogP contribution in [0.1, 0.15) is 42.5 Å². The van der Waals surface area contributed by atoms with Gasteiger partial charge in [-0.15, -0.1) is 0 Å². The molecule has 6 nitrogen and oxygen atoms in total. The second kappa shape index (κ2) is 9.14. The van der Waals surface area contributed by atoms with Gasteiger partial charge in [0.2, 0.25) is 0 Å². The van der Waals surface area contributed by atoms with Crippen molar-refractivity contribution in [2.75, 3.05) is 11.9 Å². The monoisotopic (exact) mass is 517 g/mol. The van der Waals surface area contributed by atoms with Crippen molar-refractivity contribution in [2.45, 2.75) is 47.9 Å². The first-order valence-electron chi connectivity index (χ1n) is 10.8. The van der Waals surface area contributed by atoms with E-state index in [4.69, 9.17) is 16.7 Å². The molecule has 2 fully saturated rings. The van der Waals surface area contributed by atoms with Gasteiger partial charge in [-0.05, 0) is 56.2 Å². The Balaban J connectivity index is 1.63. The fourth-order valence-corrected chi connectivity index (χ4v) is 8.36. The fraction of sp³-hybridized carbons (Fsp3) is 0.435. The van der Waals surface area contributed by atoms with Gasteiger partial charge in [-0.3, -0.25) is 4.79 Å². The lowest BCUT2D eigenvalue weighted by Crippen LogP contribution is -2.39. The van der Waals surface area contributed by atoms with E-state index < -0.39 is 50.0 Å². The zero-order chi connectivity index (χ0) is 24.8. The maximum absolute atomic E-state index is 13.6. The lowest BCUT2D eigenvalue weighted by atomic mass is 9.81. The van der Waals surface area contributed by atoms with Crippen LogP contribution in [0.25, 0.3) is 0 Å². The Hall–Kier alpha value is -2.14. The largest absolute Gasteiger partial charge is 0.396 e. The van der Waals surface area contributed by atoms with Crippen LogP contribution in [-0.2, 0) is 9.84 Å². The Morgan fingerprint density at radius 2 is 1.82 bits per heavy atom. The molecule has 0 radical (unpaired) electrons. The summed E-state index contributed by atoms with van der Waals surface area (Å²) in [4.78, 5) is 12.4. The van der Waals surface area contributed by atoms with Crippen LogP contribution >= 0.6 is 11.6 Å². The smallest absolute Gasteiger partial charge is 0.255 e. The van der Waals surface area contributed by atoms with Crippen LogP contribution in [0.5, 0.6) is 0 Å². The highest BCUT2D eigenvalue weighted by Gasteiger charge is 2.60. The van der Waals surface area contributed by atoms with Gasteiger partial charge in [-0.2, -0.15) is 0 Å². The molecule has 34 heavy (non-hydrogen) atoms. The Labute approximate surface area is 199 Å². The number of nitrogens with one attached hydrogen (secondary N) is 1. The maximum Gasteiger partial charge on any atom is 0.255 e. The summed E-state index contributed by atoms with van der Waals surface area (Å²) in [6, 6.07) is 4.80. The average molecular weight is 518 g/mol. The van der Waals surface area contributed by atoms with E-state index in [-0.39, 0.29) is 40.1 Å².